The monoisotopic (exact) mass is 432 g/mol. The molecule has 2 aromatic heterocycles. The molecule has 1 N–H and O–H groups in total. The Morgan fingerprint density at radius 2 is 1.75 bits per heavy atom. The number of halogens is 5. The molecule has 0 radical (unpaired) electrons. The molecule has 1 aromatic carbocycles. The van der Waals surface area contributed by atoms with E-state index < -0.39 is 17.8 Å². The van der Waals surface area contributed by atoms with Crippen LogP contribution in [0.5, 0.6) is 0 Å². The van der Waals surface area contributed by atoms with Crippen LogP contribution < -0.4 is 5.32 Å². The van der Waals surface area contributed by atoms with Gasteiger partial charge < -0.3 is 5.32 Å². The number of anilines is 1. The van der Waals surface area contributed by atoms with Gasteiger partial charge in [0.05, 0.1) is 17.3 Å². The van der Waals surface area contributed by atoms with E-state index >= 15 is 0 Å². The molecule has 0 aliphatic heterocycles. The van der Waals surface area contributed by atoms with Crippen LogP contribution in [0.15, 0.2) is 30.5 Å². The highest BCUT2D eigenvalue weighted by Crippen LogP contribution is 2.27. The fourth-order valence-electron chi connectivity index (χ4n) is 2.20. The van der Waals surface area contributed by atoms with Gasteiger partial charge >= 0.3 is 0 Å². The molecule has 2 heterocycles. The van der Waals surface area contributed by atoms with Gasteiger partial charge in [-0.15, -0.1) is 0 Å². The third-order valence-electron chi connectivity index (χ3n) is 3.31. The zero-order valence-corrected chi connectivity index (χ0v) is 17.4. The highest BCUT2D eigenvalue weighted by Gasteiger charge is 2.16. The quantitative estimate of drug-likeness (QED) is 0.353. The first-order valence-electron chi connectivity index (χ1n) is 8.74. The van der Waals surface area contributed by atoms with Crippen LogP contribution in [-0.4, -0.2) is 15.0 Å². The first kappa shape index (κ1) is 23.9. The molecule has 0 unspecified atom stereocenters. The maximum absolute atomic E-state index is 14.1. The van der Waals surface area contributed by atoms with Crippen molar-refractivity contribution in [3.8, 4) is 0 Å². The highest BCUT2D eigenvalue weighted by molar-refractivity contribution is 6.30. The van der Waals surface area contributed by atoms with Gasteiger partial charge in [0, 0.05) is 17.5 Å². The van der Waals surface area contributed by atoms with Gasteiger partial charge in [-0.05, 0) is 17.7 Å². The second kappa shape index (κ2) is 11.7. The van der Waals surface area contributed by atoms with Crippen molar-refractivity contribution in [2.45, 2.75) is 40.7 Å². The van der Waals surface area contributed by atoms with Crippen molar-refractivity contribution in [1.29, 1.82) is 0 Å². The number of pyridine rings is 1. The Bertz CT molecular complexity index is 908. The molecule has 4 nitrogen and oxygen atoms in total. The number of hydrogen-bond acceptors (Lipinski definition) is 4. The van der Waals surface area contributed by atoms with Crippen LogP contribution in [0.1, 0.15) is 45.2 Å². The Morgan fingerprint density at radius 3 is 2.39 bits per heavy atom. The highest BCUT2D eigenvalue weighted by atomic mass is 35.5. The van der Waals surface area contributed by atoms with Crippen LogP contribution in [0.3, 0.4) is 0 Å². The minimum Gasteiger partial charge on any atom is -0.365 e. The third-order valence-corrected chi connectivity index (χ3v) is 3.69. The van der Waals surface area contributed by atoms with E-state index in [1.165, 1.54) is 24.4 Å². The van der Waals surface area contributed by atoms with E-state index in [1.54, 1.807) is 0 Å². The molecule has 0 fully saturated rings. The van der Waals surface area contributed by atoms with E-state index in [0.29, 0.717) is 16.7 Å². The molecule has 0 bridgehead atoms. The van der Waals surface area contributed by atoms with E-state index in [4.69, 9.17) is 23.2 Å². The molecule has 0 aliphatic rings. The van der Waals surface area contributed by atoms with E-state index in [0.717, 1.165) is 6.07 Å². The average molecular weight is 433 g/mol. The van der Waals surface area contributed by atoms with Gasteiger partial charge in [-0.2, -0.15) is 0 Å². The van der Waals surface area contributed by atoms with E-state index in [9.17, 15) is 13.2 Å². The number of aromatic nitrogens is 3. The summed E-state index contributed by atoms with van der Waals surface area (Å²) in [5.41, 5.74) is -0.119. The zero-order chi connectivity index (χ0) is 21.3. The maximum Gasteiger partial charge on any atom is 0.266 e. The van der Waals surface area contributed by atoms with Gasteiger partial charge in [-0.1, -0.05) is 57.5 Å². The summed E-state index contributed by atoms with van der Waals surface area (Å²) in [6, 6.07) is 5.36. The topological polar surface area (TPSA) is 50.7 Å². The summed E-state index contributed by atoms with van der Waals surface area (Å²) in [5, 5.41) is 3.60. The third kappa shape index (κ3) is 5.94. The molecular formula is C19H21Cl2F3N4. The maximum atomic E-state index is 14.1. The van der Waals surface area contributed by atoms with Crippen molar-refractivity contribution in [1.82, 2.24) is 15.0 Å². The predicted octanol–water partition coefficient (Wildman–Crippen LogP) is 7.07. The summed E-state index contributed by atoms with van der Waals surface area (Å²) in [6.07, 6.45) is -1.46. The number of nitrogens with one attached hydrogen (secondary N) is 1. The summed E-state index contributed by atoms with van der Waals surface area (Å²) in [6.45, 7) is 7.94. The smallest absolute Gasteiger partial charge is 0.266 e. The summed E-state index contributed by atoms with van der Waals surface area (Å²) >= 11 is 11.7. The SMILES string of the molecule is CC.CC.Fc1c(CNc2nc(Cl)nc3cnc(Cl)cc23)cccc1C(F)F. The number of benzene rings is 1. The molecule has 152 valence electrons. The van der Waals surface area contributed by atoms with Gasteiger partial charge in [0.1, 0.15) is 16.8 Å². The van der Waals surface area contributed by atoms with Crippen LogP contribution in [0.25, 0.3) is 10.9 Å². The van der Waals surface area contributed by atoms with Crippen LogP contribution in [0.4, 0.5) is 19.0 Å². The molecule has 0 spiro atoms. The first-order valence-corrected chi connectivity index (χ1v) is 9.49. The molecule has 0 saturated carbocycles. The van der Waals surface area contributed by atoms with Crippen LogP contribution in [0, 0.1) is 5.82 Å². The van der Waals surface area contributed by atoms with E-state index in [2.05, 4.69) is 20.3 Å². The second-order valence-electron chi connectivity index (χ2n) is 4.84. The normalized spacial score (nSPS) is 10.1. The number of alkyl halides is 2. The van der Waals surface area contributed by atoms with Crippen molar-refractivity contribution in [2.24, 2.45) is 0 Å². The molecule has 0 saturated heterocycles. The van der Waals surface area contributed by atoms with Crippen LogP contribution in [0.2, 0.25) is 10.4 Å². The summed E-state index contributed by atoms with van der Waals surface area (Å²) < 4.78 is 39.6. The molecule has 0 atom stereocenters. The van der Waals surface area contributed by atoms with Gasteiger partial charge in [0.15, 0.2) is 0 Å². The van der Waals surface area contributed by atoms with Gasteiger partial charge in [0.2, 0.25) is 5.28 Å². The summed E-state index contributed by atoms with van der Waals surface area (Å²) in [7, 11) is 0. The Labute approximate surface area is 172 Å². The predicted molar refractivity (Wildman–Crippen MR) is 109 cm³/mol. The Morgan fingerprint density at radius 1 is 1.07 bits per heavy atom. The average Bonchev–Trinajstić information content (AvgIpc) is 2.70. The van der Waals surface area contributed by atoms with Crippen molar-refractivity contribution in [2.75, 3.05) is 5.32 Å². The number of rotatable bonds is 4. The number of fused-ring (bicyclic) bond motifs is 1. The second-order valence-corrected chi connectivity index (χ2v) is 5.57. The number of hydrogen-bond donors (Lipinski definition) is 1. The fourth-order valence-corrected chi connectivity index (χ4v) is 2.53. The minimum absolute atomic E-state index is 0.0316. The van der Waals surface area contributed by atoms with Crippen LogP contribution in [-0.2, 0) is 6.54 Å². The van der Waals surface area contributed by atoms with Crippen molar-refractivity contribution in [3.05, 3.63) is 57.8 Å². The van der Waals surface area contributed by atoms with E-state index in [1.807, 2.05) is 27.7 Å². The molecular weight excluding hydrogens is 412 g/mol. The molecule has 3 rings (SSSR count). The molecule has 3 aromatic rings. The van der Waals surface area contributed by atoms with Gasteiger partial charge in [0.25, 0.3) is 6.43 Å². The summed E-state index contributed by atoms with van der Waals surface area (Å²) in [5.74, 6) is -0.652. The first-order chi connectivity index (χ1) is 13.5. The van der Waals surface area contributed by atoms with Gasteiger partial charge in [-0.3, -0.25) is 0 Å². The van der Waals surface area contributed by atoms with Crippen LogP contribution >= 0.6 is 23.2 Å². The van der Waals surface area contributed by atoms with Crippen molar-refractivity contribution < 1.29 is 13.2 Å². The van der Waals surface area contributed by atoms with Crippen molar-refractivity contribution in [3.63, 3.8) is 0 Å². The Balaban J connectivity index is 0.000000921. The number of nitrogens with zero attached hydrogens (tertiary/aromatic N) is 3. The Kier molecular flexibility index (Phi) is 9.96. The lowest BCUT2D eigenvalue weighted by molar-refractivity contribution is 0.146. The van der Waals surface area contributed by atoms with E-state index in [-0.39, 0.29) is 22.5 Å². The fraction of sp³-hybridized carbons (Fsp3) is 0.316. The lowest BCUT2D eigenvalue weighted by atomic mass is 10.1. The zero-order valence-electron chi connectivity index (χ0n) is 15.9. The minimum atomic E-state index is -2.89. The largest absolute Gasteiger partial charge is 0.365 e. The molecule has 0 amide bonds. The summed E-state index contributed by atoms with van der Waals surface area (Å²) in [4.78, 5) is 11.9. The molecule has 9 heteroatoms. The van der Waals surface area contributed by atoms with Crippen molar-refractivity contribution >= 4 is 39.9 Å². The molecule has 28 heavy (non-hydrogen) atoms. The van der Waals surface area contributed by atoms with Gasteiger partial charge in [-0.25, -0.2) is 28.1 Å². The lowest BCUT2D eigenvalue weighted by Crippen LogP contribution is -2.06. The standard InChI is InChI=1S/C15H9Cl2F3N4.2C2H6/c16-11-4-9-10(6-21-11)23-15(17)24-14(9)22-5-7-2-1-3-8(12(7)18)13(19)20;2*1-2/h1-4,6,13H,5H2,(H,22,23,24);2*1-2H3. The lowest BCUT2D eigenvalue weighted by Gasteiger charge is -2.11. The Hall–Kier alpha value is -2.12. The molecule has 0 aliphatic carbocycles.